The van der Waals surface area contributed by atoms with Gasteiger partial charge in [0.15, 0.2) is 0 Å². The summed E-state index contributed by atoms with van der Waals surface area (Å²) in [6, 6.07) is 8.61. The molecule has 17 heavy (non-hydrogen) atoms. The highest BCUT2D eigenvalue weighted by Crippen LogP contribution is 2.34. The molecule has 0 aliphatic carbocycles. The van der Waals surface area contributed by atoms with Gasteiger partial charge >= 0.3 is 0 Å². The van der Waals surface area contributed by atoms with E-state index in [0.717, 1.165) is 13.1 Å². The van der Waals surface area contributed by atoms with Crippen molar-refractivity contribution in [2.45, 2.75) is 19.3 Å². The molecule has 1 aromatic carbocycles. The van der Waals surface area contributed by atoms with Crippen LogP contribution in [0.4, 0.5) is 0 Å². The minimum Gasteiger partial charge on any atom is -0.329 e. The molecule has 2 nitrogen and oxygen atoms in total. The molecule has 2 aromatic rings. The first-order chi connectivity index (χ1) is 8.15. The van der Waals surface area contributed by atoms with E-state index in [1.54, 1.807) is 0 Å². The second-order valence-corrected chi connectivity index (χ2v) is 5.91. The average Bonchev–Trinajstić information content (AvgIpc) is 2.73. The minimum absolute atomic E-state index is 0.148. The maximum Gasteiger partial charge on any atom is 0.0345 e. The molecular weight excluding hydrogens is 228 g/mol. The summed E-state index contributed by atoms with van der Waals surface area (Å²) in [6.07, 6.45) is 0. The molecule has 3 N–H and O–H groups in total. The predicted molar refractivity (Wildman–Crippen MR) is 76.8 cm³/mol. The Morgan fingerprint density at radius 1 is 1.29 bits per heavy atom. The number of nitrogens with two attached hydrogens (primary N) is 1. The lowest BCUT2D eigenvalue weighted by Crippen LogP contribution is -2.35. The first-order valence-corrected chi connectivity index (χ1v) is 6.90. The topological polar surface area (TPSA) is 38.0 Å². The van der Waals surface area contributed by atoms with Crippen molar-refractivity contribution >= 4 is 21.4 Å². The van der Waals surface area contributed by atoms with Crippen molar-refractivity contribution in [3.05, 3.63) is 35.2 Å². The Morgan fingerprint density at radius 3 is 2.82 bits per heavy atom. The van der Waals surface area contributed by atoms with Crippen LogP contribution in [-0.4, -0.2) is 19.6 Å². The van der Waals surface area contributed by atoms with Crippen LogP contribution in [0, 0.1) is 0 Å². The molecule has 0 saturated carbocycles. The van der Waals surface area contributed by atoms with Gasteiger partial charge < -0.3 is 11.1 Å². The molecule has 1 heterocycles. The fraction of sp³-hybridized carbons (Fsp3) is 0.429. The zero-order chi connectivity index (χ0) is 12.3. The molecule has 92 valence electrons. The number of rotatable bonds is 5. The lowest BCUT2D eigenvalue weighted by molar-refractivity contribution is 0.478. The van der Waals surface area contributed by atoms with E-state index in [1.807, 2.05) is 11.3 Å². The van der Waals surface area contributed by atoms with E-state index in [1.165, 1.54) is 15.6 Å². The predicted octanol–water partition coefficient (Wildman–Crippen LogP) is 2.73. The smallest absolute Gasteiger partial charge is 0.0345 e. The molecule has 0 saturated heterocycles. The Balaban J connectivity index is 2.25. The van der Waals surface area contributed by atoms with Crippen LogP contribution in [0.25, 0.3) is 10.1 Å². The van der Waals surface area contributed by atoms with Gasteiger partial charge in [0.25, 0.3) is 0 Å². The third-order valence-corrected chi connectivity index (χ3v) is 4.06. The summed E-state index contributed by atoms with van der Waals surface area (Å²) in [4.78, 5) is 0. The van der Waals surface area contributed by atoms with Gasteiger partial charge in [-0.1, -0.05) is 32.0 Å². The number of hydrogen-bond acceptors (Lipinski definition) is 3. The standard InChI is InChI=1S/C14H20N2S/c1-14(2,10-16-8-7-15)12-9-17-13-6-4-3-5-11(12)13/h3-6,9,16H,7-8,10,15H2,1-2H3. The van der Waals surface area contributed by atoms with Gasteiger partial charge in [-0.3, -0.25) is 0 Å². The molecule has 0 unspecified atom stereocenters. The molecular formula is C14H20N2S. The summed E-state index contributed by atoms with van der Waals surface area (Å²) in [7, 11) is 0. The molecule has 0 radical (unpaired) electrons. The van der Waals surface area contributed by atoms with Crippen LogP contribution in [0.5, 0.6) is 0 Å². The minimum atomic E-state index is 0.148. The van der Waals surface area contributed by atoms with Gasteiger partial charge in [-0.15, -0.1) is 11.3 Å². The van der Waals surface area contributed by atoms with Crippen LogP contribution in [-0.2, 0) is 5.41 Å². The van der Waals surface area contributed by atoms with Crippen molar-refractivity contribution in [1.82, 2.24) is 5.32 Å². The normalized spacial score (nSPS) is 12.2. The van der Waals surface area contributed by atoms with E-state index in [2.05, 4.69) is 48.8 Å². The average molecular weight is 248 g/mol. The summed E-state index contributed by atoms with van der Waals surface area (Å²) < 4.78 is 1.37. The Labute approximate surface area is 107 Å². The van der Waals surface area contributed by atoms with Crippen molar-refractivity contribution in [1.29, 1.82) is 0 Å². The van der Waals surface area contributed by atoms with E-state index in [0.29, 0.717) is 6.54 Å². The Morgan fingerprint density at radius 2 is 2.06 bits per heavy atom. The molecule has 1 aromatic heterocycles. The third kappa shape index (κ3) is 2.68. The van der Waals surface area contributed by atoms with Crippen molar-refractivity contribution < 1.29 is 0 Å². The molecule has 0 amide bonds. The first kappa shape index (κ1) is 12.6. The van der Waals surface area contributed by atoms with E-state index in [-0.39, 0.29) is 5.41 Å². The van der Waals surface area contributed by atoms with Crippen LogP contribution >= 0.6 is 11.3 Å². The van der Waals surface area contributed by atoms with E-state index in [4.69, 9.17) is 5.73 Å². The van der Waals surface area contributed by atoms with Crippen LogP contribution in [0.15, 0.2) is 29.6 Å². The molecule has 0 aliphatic rings. The van der Waals surface area contributed by atoms with Crippen LogP contribution in [0.2, 0.25) is 0 Å². The number of hydrogen-bond donors (Lipinski definition) is 2. The van der Waals surface area contributed by atoms with Crippen molar-refractivity contribution in [2.24, 2.45) is 5.73 Å². The number of thiophene rings is 1. The summed E-state index contributed by atoms with van der Waals surface area (Å²) >= 11 is 1.83. The molecule has 3 heteroatoms. The third-order valence-electron chi connectivity index (χ3n) is 3.10. The molecule has 0 spiro atoms. The van der Waals surface area contributed by atoms with Gasteiger partial charge in [0.2, 0.25) is 0 Å². The van der Waals surface area contributed by atoms with Crippen molar-refractivity contribution in [3.8, 4) is 0 Å². The molecule has 0 bridgehead atoms. The van der Waals surface area contributed by atoms with Gasteiger partial charge in [-0.05, 0) is 22.4 Å². The zero-order valence-corrected chi connectivity index (χ0v) is 11.3. The SMILES string of the molecule is CC(C)(CNCCN)c1csc2ccccc12. The highest BCUT2D eigenvalue weighted by molar-refractivity contribution is 7.17. The Hall–Kier alpha value is -0.900. The van der Waals surface area contributed by atoms with Crippen LogP contribution in [0.3, 0.4) is 0 Å². The van der Waals surface area contributed by atoms with Crippen molar-refractivity contribution in [3.63, 3.8) is 0 Å². The van der Waals surface area contributed by atoms with E-state index in [9.17, 15) is 0 Å². The van der Waals surface area contributed by atoms with Crippen molar-refractivity contribution in [2.75, 3.05) is 19.6 Å². The maximum atomic E-state index is 5.51. The fourth-order valence-electron chi connectivity index (χ4n) is 2.10. The second-order valence-electron chi connectivity index (χ2n) is 4.99. The quantitative estimate of drug-likeness (QED) is 0.798. The lowest BCUT2D eigenvalue weighted by atomic mass is 9.84. The zero-order valence-electron chi connectivity index (χ0n) is 10.5. The number of nitrogens with one attached hydrogen (secondary N) is 1. The van der Waals surface area contributed by atoms with Gasteiger partial charge in [0, 0.05) is 29.7 Å². The van der Waals surface area contributed by atoms with Gasteiger partial charge in [0.05, 0.1) is 0 Å². The van der Waals surface area contributed by atoms with E-state index < -0.39 is 0 Å². The molecule has 0 atom stereocenters. The fourth-order valence-corrected chi connectivity index (χ4v) is 3.25. The summed E-state index contributed by atoms with van der Waals surface area (Å²) in [5.41, 5.74) is 7.09. The summed E-state index contributed by atoms with van der Waals surface area (Å²) in [6.45, 7) is 7.10. The highest BCUT2D eigenvalue weighted by atomic mass is 32.1. The van der Waals surface area contributed by atoms with E-state index >= 15 is 0 Å². The number of fused-ring (bicyclic) bond motifs is 1. The Bertz CT molecular complexity index is 488. The van der Waals surface area contributed by atoms with Gasteiger partial charge in [-0.2, -0.15) is 0 Å². The summed E-state index contributed by atoms with van der Waals surface area (Å²) in [5, 5.41) is 7.08. The highest BCUT2D eigenvalue weighted by Gasteiger charge is 2.23. The summed E-state index contributed by atoms with van der Waals surface area (Å²) in [5.74, 6) is 0. The molecule has 0 aliphatic heterocycles. The maximum absolute atomic E-state index is 5.51. The lowest BCUT2D eigenvalue weighted by Gasteiger charge is -2.25. The first-order valence-electron chi connectivity index (χ1n) is 6.02. The van der Waals surface area contributed by atoms with Gasteiger partial charge in [0.1, 0.15) is 0 Å². The second kappa shape index (κ2) is 5.17. The molecule has 2 rings (SSSR count). The number of benzene rings is 1. The monoisotopic (exact) mass is 248 g/mol. The van der Waals surface area contributed by atoms with Gasteiger partial charge in [-0.25, -0.2) is 0 Å². The van der Waals surface area contributed by atoms with Crippen LogP contribution in [0.1, 0.15) is 19.4 Å². The largest absolute Gasteiger partial charge is 0.329 e. The Kier molecular flexibility index (Phi) is 3.82. The molecule has 0 fully saturated rings. The van der Waals surface area contributed by atoms with Crippen LogP contribution < -0.4 is 11.1 Å².